The van der Waals surface area contributed by atoms with Crippen LogP contribution in [0.25, 0.3) is 0 Å². The van der Waals surface area contributed by atoms with Gasteiger partial charge in [-0.15, -0.1) is 0 Å². The van der Waals surface area contributed by atoms with Crippen LogP contribution in [0.2, 0.25) is 0 Å². The van der Waals surface area contributed by atoms with Gasteiger partial charge in [0.1, 0.15) is 0 Å². The van der Waals surface area contributed by atoms with Gasteiger partial charge < -0.3 is 9.64 Å². The highest BCUT2D eigenvalue weighted by atomic mass is 32.1. The molecule has 1 heterocycles. The third-order valence-corrected chi connectivity index (χ3v) is 2.26. The summed E-state index contributed by atoms with van der Waals surface area (Å²) in [5.41, 5.74) is 0. The largest absolute Gasteiger partial charge is 0.471 e. The summed E-state index contributed by atoms with van der Waals surface area (Å²) < 4.78 is 5.24. The minimum absolute atomic E-state index is 0.687. The highest BCUT2D eigenvalue weighted by Crippen LogP contribution is 2.09. The van der Waals surface area contributed by atoms with Gasteiger partial charge in [0, 0.05) is 13.1 Å². The molecule has 3 heteroatoms. The van der Waals surface area contributed by atoms with Crippen molar-refractivity contribution in [3.63, 3.8) is 0 Å². The smallest absolute Gasteiger partial charge is 0.259 e. The van der Waals surface area contributed by atoms with Crippen LogP contribution >= 0.6 is 12.2 Å². The Morgan fingerprint density at radius 1 is 1.36 bits per heavy atom. The summed E-state index contributed by atoms with van der Waals surface area (Å²) in [5, 5.41) is 0.687. The standard InChI is InChI=1S/C8H15NOS/c1-2-10-8(11)9-6-4-3-5-7-9/h2-7H2,1H3. The van der Waals surface area contributed by atoms with Gasteiger partial charge in [-0.25, -0.2) is 0 Å². The van der Waals surface area contributed by atoms with Crippen molar-refractivity contribution in [2.75, 3.05) is 19.7 Å². The van der Waals surface area contributed by atoms with Crippen molar-refractivity contribution in [2.24, 2.45) is 0 Å². The summed E-state index contributed by atoms with van der Waals surface area (Å²) in [6.07, 6.45) is 3.85. The summed E-state index contributed by atoms with van der Waals surface area (Å²) in [4.78, 5) is 2.16. The van der Waals surface area contributed by atoms with E-state index in [1.165, 1.54) is 19.3 Å². The lowest BCUT2D eigenvalue weighted by molar-refractivity contribution is 0.233. The lowest BCUT2D eigenvalue weighted by atomic mass is 10.1. The molecule has 0 radical (unpaired) electrons. The van der Waals surface area contributed by atoms with Gasteiger partial charge in [0.25, 0.3) is 5.17 Å². The van der Waals surface area contributed by atoms with E-state index in [4.69, 9.17) is 17.0 Å². The van der Waals surface area contributed by atoms with Crippen molar-refractivity contribution < 1.29 is 4.74 Å². The van der Waals surface area contributed by atoms with E-state index in [0.717, 1.165) is 13.1 Å². The molecule has 0 atom stereocenters. The molecule has 0 amide bonds. The van der Waals surface area contributed by atoms with Crippen LogP contribution in [0.4, 0.5) is 0 Å². The van der Waals surface area contributed by atoms with Gasteiger partial charge >= 0.3 is 0 Å². The molecule has 0 saturated carbocycles. The van der Waals surface area contributed by atoms with Crippen molar-refractivity contribution in [3.05, 3.63) is 0 Å². The molecule has 0 N–H and O–H groups in total. The fourth-order valence-electron chi connectivity index (χ4n) is 1.29. The molecule has 1 rings (SSSR count). The van der Waals surface area contributed by atoms with Gasteiger partial charge in [-0.05, 0) is 38.4 Å². The number of nitrogens with zero attached hydrogens (tertiary/aromatic N) is 1. The predicted octanol–water partition coefficient (Wildman–Crippen LogP) is 1.79. The summed E-state index contributed by atoms with van der Waals surface area (Å²) in [5.74, 6) is 0. The van der Waals surface area contributed by atoms with Crippen LogP contribution in [0.15, 0.2) is 0 Å². The number of likely N-dealkylation sites (tertiary alicyclic amines) is 1. The van der Waals surface area contributed by atoms with E-state index >= 15 is 0 Å². The van der Waals surface area contributed by atoms with Gasteiger partial charge in [0.05, 0.1) is 6.61 Å². The second-order valence-electron chi connectivity index (χ2n) is 2.75. The summed E-state index contributed by atoms with van der Waals surface area (Å²) in [7, 11) is 0. The van der Waals surface area contributed by atoms with Crippen LogP contribution in [0.1, 0.15) is 26.2 Å². The van der Waals surface area contributed by atoms with E-state index < -0.39 is 0 Å². The Kier molecular flexibility index (Phi) is 3.63. The van der Waals surface area contributed by atoms with E-state index in [1.54, 1.807) is 0 Å². The normalized spacial score (nSPS) is 18.1. The number of rotatable bonds is 1. The van der Waals surface area contributed by atoms with Crippen molar-refractivity contribution >= 4 is 17.4 Å². The van der Waals surface area contributed by atoms with E-state index in [9.17, 15) is 0 Å². The molecule has 1 fully saturated rings. The van der Waals surface area contributed by atoms with Gasteiger partial charge in [-0.1, -0.05) is 0 Å². The van der Waals surface area contributed by atoms with Crippen LogP contribution in [-0.4, -0.2) is 29.8 Å². The van der Waals surface area contributed by atoms with E-state index in [-0.39, 0.29) is 0 Å². The summed E-state index contributed by atoms with van der Waals surface area (Å²) in [6, 6.07) is 0. The average Bonchev–Trinajstić information content (AvgIpc) is 2.07. The Hall–Kier alpha value is -0.310. The topological polar surface area (TPSA) is 12.5 Å². The zero-order valence-electron chi connectivity index (χ0n) is 7.01. The van der Waals surface area contributed by atoms with Crippen LogP contribution in [0, 0.1) is 0 Å². The zero-order valence-corrected chi connectivity index (χ0v) is 7.82. The minimum Gasteiger partial charge on any atom is -0.471 e. The quantitative estimate of drug-likeness (QED) is 0.561. The fraction of sp³-hybridized carbons (Fsp3) is 0.875. The number of hydrogen-bond acceptors (Lipinski definition) is 2. The first-order valence-corrected chi connectivity index (χ1v) is 4.67. The number of ether oxygens (including phenoxy) is 1. The van der Waals surface area contributed by atoms with Crippen LogP contribution in [0.5, 0.6) is 0 Å². The lowest BCUT2D eigenvalue weighted by Gasteiger charge is -2.27. The van der Waals surface area contributed by atoms with Crippen molar-refractivity contribution in [3.8, 4) is 0 Å². The van der Waals surface area contributed by atoms with Crippen LogP contribution in [-0.2, 0) is 4.74 Å². The first-order chi connectivity index (χ1) is 5.34. The molecule has 0 spiro atoms. The molecule has 0 aliphatic carbocycles. The van der Waals surface area contributed by atoms with Crippen LogP contribution in [0.3, 0.4) is 0 Å². The molecular formula is C8H15NOS. The van der Waals surface area contributed by atoms with Gasteiger partial charge in [-0.3, -0.25) is 0 Å². The Morgan fingerprint density at radius 3 is 2.55 bits per heavy atom. The lowest BCUT2D eigenvalue weighted by Crippen LogP contribution is -2.35. The molecule has 0 bridgehead atoms. The monoisotopic (exact) mass is 173 g/mol. The Bertz CT molecular complexity index is 132. The molecule has 0 aromatic heterocycles. The predicted molar refractivity (Wildman–Crippen MR) is 49.6 cm³/mol. The average molecular weight is 173 g/mol. The zero-order chi connectivity index (χ0) is 8.10. The maximum Gasteiger partial charge on any atom is 0.259 e. The Labute approximate surface area is 73.5 Å². The van der Waals surface area contributed by atoms with E-state index in [1.807, 2.05) is 6.92 Å². The van der Waals surface area contributed by atoms with Crippen molar-refractivity contribution in [1.29, 1.82) is 0 Å². The number of hydrogen-bond donors (Lipinski definition) is 0. The number of piperidine rings is 1. The molecule has 0 aromatic rings. The first kappa shape index (κ1) is 8.78. The van der Waals surface area contributed by atoms with Gasteiger partial charge in [-0.2, -0.15) is 0 Å². The molecule has 11 heavy (non-hydrogen) atoms. The Balaban J connectivity index is 2.27. The molecule has 1 aliphatic heterocycles. The third-order valence-electron chi connectivity index (χ3n) is 1.88. The second-order valence-corrected chi connectivity index (χ2v) is 3.10. The molecule has 1 saturated heterocycles. The summed E-state index contributed by atoms with van der Waals surface area (Å²) >= 11 is 5.08. The van der Waals surface area contributed by atoms with E-state index in [0.29, 0.717) is 11.8 Å². The third kappa shape index (κ3) is 2.66. The highest BCUT2D eigenvalue weighted by molar-refractivity contribution is 7.80. The summed E-state index contributed by atoms with van der Waals surface area (Å²) in [6.45, 7) is 4.82. The highest BCUT2D eigenvalue weighted by Gasteiger charge is 2.13. The SMILES string of the molecule is CCOC(=S)N1CCCCC1. The first-order valence-electron chi connectivity index (χ1n) is 4.26. The molecule has 0 aromatic carbocycles. The van der Waals surface area contributed by atoms with Crippen molar-refractivity contribution in [2.45, 2.75) is 26.2 Å². The maximum atomic E-state index is 5.24. The number of thiocarbonyl (C=S) groups is 1. The molecule has 0 unspecified atom stereocenters. The van der Waals surface area contributed by atoms with Gasteiger partial charge in [0.15, 0.2) is 0 Å². The molecule has 1 aliphatic rings. The Morgan fingerprint density at radius 2 is 2.00 bits per heavy atom. The molecular weight excluding hydrogens is 158 g/mol. The molecule has 64 valence electrons. The fourth-order valence-corrected chi connectivity index (χ4v) is 1.59. The van der Waals surface area contributed by atoms with E-state index in [2.05, 4.69) is 4.90 Å². The van der Waals surface area contributed by atoms with Crippen molar-refractivity contribution in [1.82, 2.24) is 4.90 Å². The molecule has 2 nitrogen and oxygen atoms in total. The maximum absolute atomic E-state index is 5.24. The minimum atomic E-state index is 0.687. The second kappa shape index (κ2) is 4.54. The van der Waals surface area contributed by atoms with Crippen LogP contribution < -0.4 is 0 Å². The van der Waals surface area contributed by atoms with Gasteiger partial charge in [0.2, 0.25) is 0 Å².